The summed E-state index contributed by atoms with van der Waals surface area (Å²) in [4.78, 5) is 5.17. The van der Waals surface area contributed by atoms with Crippen LogP contribution >= 0.6 is 11.8 Å². The predicted octanol–water partition coefficient (Wildman–Crippen LogP) is 4.11. The zero-order valence-electron chi connectivity index (χ0n) is 11.3. The molecule has 104 valence electrons. The van der Waals surface area contributed by atoms with Gasteiger partial charge < -0.3 is 5.32 Å². The lowest BCUT2D eigenvalue weighted by atomic mass is 10.0. The van der Waals surface area contributed by atoms with Gasteiger partial charge in [0.25, 0.3) is 0 Å². The average molecular weight is 288 g/mol. The summed E-state index contributed by atoms with van der Waals surface area (Å²) in [6.45, 7) is 2.10. The Morgan fingerprint density at radius 2 is 2.20 bits per heavy atom. The normalized spacial score (nSPS) is 19.4. The summed E-state index contributed by atoms with van der Waals surface area (Å²) in [5.41, 5.74) is 2.09. The minimum Gasteiger partial charge on any atom is -0.302 e. The van der Waals surface area contributed by atoms with Gasteiger partial charge in [0.05, 0.1) is 5.69 Å². The van der Waals surface area contributed by atoms with E-state index in [9.17, 15) is 4.39 Å². The van der Waals surface area contributed by atoms with Crippen molar-refractivity contribution in [2.24, 2.45) is 0 Å². The highest BCUT2D eigenvalue weighted by Gasteiger charge is 2.24. The molecule has 1 N–H and O–H groups in total. The molecule has 0 amide bonds. The van der Waals surface area contributed by atoms with Crippen molar-refractivity contribution in [1.82, 2.24) is 10.3 Å². The molecule has 2 nitrogen and oxygen atoms in total. The summed E-state index contributed by atoms with van der Waals surface area (Å²) in [5.74, 6) is 0.838. The number of halogens is 1. The zero-order valence-corrected chi connectivity index (χ0v) is 12.2. The van der Waals surface area contributed by atoms with Crippen molar-refractivity contribution in [1.29, 1.82) is 0 Å². The van der Waals surface area contributed by atoms with Gasteiger partial charge in [-0.05, 0) is 42.9 Å². The van der Waals surface area contributed by atoms with Crippen molar-refractivity contribution >= 4 is 11.8 Å². The van der Waals surface area contributed by atoms with Gasteiger partial charge in [0.2, 0.25) is 0 Å². The largest absolute Gasteiger partial charge is 0.302 e. The number of hydrogen-bond donors (Lipinski definition) is 1. The topological polar surface area (TPSA) is 24.9 Å². The van der Waals surface area contributed by atoms with E-state index in [4.69, 9.17) is 0 Å². The Labute approximate surface area is 122 Å². The first-order chi connectivity index (χ1) is 9.75. The van der Waals surface area contributed by atoms with Crippen LogP contribution in [0.1, 0.15) is 36.7 Å². The number of rotatable bonds is 3. The maximum Gasteiger partial charge on any atom is 0.137 e. The molecule has 20 heavy (non-hydrogen) atoms. The number of thioether (sulfide) groups is 1. The van der Waals surface area contributed by atoms with Crippen molar-refractivity contribution in [2.75, 3.05) is 5.75 Å². The highest BCUT2D eigenvalue weighted by Crippen LogP contribution is 2.38. The summed E-state index contributed by atoms with van der Waals surface area (Å²) < 4.78 is 13.8. The summed E-state index contributed by atoms with van der Waals surface area (Å²) >= 11 is 1.61. The standard InChI is InChI=1S/C16H17FN2S/c1-11(14-7-2-3-9-18-14)19-15-8-10-20-16-12(15)5-4-6-13(16)17/h2-7,9,11,15,19H,8,10H2,1H3/t11-,15?/m1/s1. The number of hydrogen-bond acceptors (Lipinski definition) is 3. The summed E-state index contributed by atoms with van der Waals surface area (Å²) in [7, 11) is 0. The van der Waals surface area contributed by atoms with Crippen molar-refractivity contribution < 1.29 is 4.39 Å². The van der Waals surface area contributed by atoms with Gasteiger partial charge in [0, 0.05) is 23.2 Å². The van der Waals surface area contributed by atoms with E-state index in [1.807, 2.05) is 24.3 Å². The summed E-state index contributed by atoms with van der Waals surface area (Å²) in [5, 5.41) is 3.58. The van der Waals surface area contributed by atoms with Crippen LogP contribution in [-0.2, 0) is 0 Å². The quantitative estimate of drug-likeness (QED) is 0.920. The number of aromatic nitrogens is 1. The van der Waals surface area contributed by atoms with Crippen molar-refractivity contribution in [3.05, 3.63) is 59.7 Å². The van der Waals surface area contributed by atoms with Crippen LogP contribution < -0.4 is 5.32 Å². The average Bonchev–Trinajstić information content (AvgIpc) is 2.49. The van der Waals surface area contributed by atoms with Crippen LogP contribution in [0.25, 0.3) is 0 Å². The van der Waals surface area contributed by atoms with Crippen LogP contribution in [-0.4, -0.2) is 10.7 Å². The van der Waals surface area contributed by atoms with Gasteiger partial charge in [0.15, 0.2) is 0 Å². The fraction of sp³-hybridized carbons (Fsp3) is 0.312. The van der Waals surface area contributed by atoms with E-state index in [2.05, 4.69) is 17.2 Å². The van der Waals surface area contributed by atoms with E-state index in [1.165, 1.54) is 6.07 Å². The number of pyridine rings is 1. The van der Waals surface area contributed by atoms with Gasteiger partial charge in [-0.2, -0.15) is 0 Å². The lowest BCUT2D eigenvalue weighted by molar-refractivity contribution is 0.438. The minimum atomic E-state index is -0.107. The van der Waals surface area contributed by atoms with Crippen molar-refractivity contribution in [2.45, 2.75) is 30.3 Å². The Hall–Kier alpha value is -1.39. The smallest absolute Gasteiger partial charge is 0.137 e. The molecule has 2 atom stereocenters. The molecule has 0 saturated carbocycles. The zero-order chi connectivity index (χ0) is 13.9. The Morgan fingerprint density at radius 1 is 1.30 bits per heavy atom. The molecule has 0 radical (unpaired) electrons. The van der Waals surface area contributed by atoms with Crippen LogP contribution in [0, 0.1) is 5.82 Å². The second-order valence-corrected chi connectivity index (χ2v) is 6.10. The van der Waals surface area contributed by atoms with E-state index in [0.29, 0.717) is 0 Å². The molecule has 0 saturated heterocycles. The molecule has 1 aliphatic rings. The monoisotopic (exact) mass is 288 g/mol. The highest BCUT2D eigenvalue weighted by molar-refractivity contribution is 7.99. The molecule has 0 fully saturated rings. The van der Waals surface area contributed by atoms with Gasteiger partial charge in [-0.3, -0.25) is 4.98 Å². The van der Waals surface area contributed by atoms with Gasteiger partial charge >= 0.3 is 0 Å². The third-order valence-corrected chi connectivity index (χ3v) is 4.77. The first-order valence-electron chi connectivity index (χ1n) is 6.84. The third-order valence-electron chi connectivity index (χ3n) is 3.61. The van der Waals surface area contributed by atoms with E-state index in [0.717, 1.165) is 28.3 Å². The van der Waals surface area contributed by atoms with Crippen LogP contribution in [0.3, 0.4) is 0 Å². The van der Waals surface area contributed by atoms with Gasteiger partial charge in [-0.1, -0.05) is 18.2 Å². The maximum absolute atomic E-state index is 13.8. The van der Waals surface area contributed by atoms with Crippen LogP contribution in [0.4, 0.5) is 4.39 Å². The maximum atomic E-state index is 13.8. The lowest BCUT2D eigenvalue weighted by Crippen LogP contribution is -2.28. The second kappa shape index (κ2) is 5.94. The fourth-order valence-corrected chi connectivity index (χ4v) is 3.72. The Bertz CT molecular complexity index is 588. The van der Waals surface area contributed by atoms with E-state index in [1.54, 1.807) is 24.0 Å². The molecular formula is C16H17FN2S. The molecule has 0 bridgehead atoms. The molecule has 2 aromatic rings. The molecule has 0 spiro atoms. The Kier molecular flexibility index (Phi) is 4.03. The van der Waals surface area contributed by atoms with E-state index < -0.39 is 0 Å². The minimum absolute atomic E-state index is 0.107. The first-order valence-corrected chi connectivity index (χ1v) is 7.82. The number of fused-ring (bicyclic) bond motifs is 1. The summed E-state index contributed by atoms with van der Waals surface area (Å²) in [6, 6.07) is 11.6. The molecule has 1 aromatic carbocycles. The van der Waals surface area contributed by atoms with E-state index in [-0.39, 0.29) is 17.9 Å². The fourth-order valence-electron chi connectivity index (χ4n) is 2.58. The SMILES string of the molecule is C[C@@H](NC1CCSc2c(F)cccc21)c1ccccn1. The van der Waals surface area contributed by atoms with Gasteiger partial charge in [0.1, 0.15) is 5.82 Å². The van der Waals surface area contributed by atoms with Crippen molar-refractivity contribution in [3.63, 3.8) is 0 Å². The number of benzene rings is 1. The van der Waals surface area contributed by atoms with Crippen LogP contribution in [0.2, 0.25) is 0 Å². The molecule has 1 aliphatic heterocycles. The number of nitrogens with one attached hydrogen (secondary N) is 1. The molecule has 1 unspecified atom stereocenters. The highest BCUT2D eigenvalue weighted by atomic mass is 32.2. The first kappa shape index (κ1) is 13.6. The van der Waals surface area contributed by atoms with Crippen molar-refractivity contribution in [3.8, 4) is 0 Å². The van der Waals surface area contributed by atoms with Gasteiger partial charge in [-0.15, -0.1) is 11.8 Å². The third kappa shape index (κ3) is 2.72. The van der Waals surface area contributed by atoms with E-state index >= 15 is 0 Å². The number of nitrogens with zero attached hydrogens (tertiary/aromatic N) is 1. The molecular weight excluding hydrogens is 271 g/mol. The van der Waals surface area contributed by atoms with Gasteiger partial charge in [-0.25, -0.2) is 4.39 Å². The Balaban J connectivity index is 1.82. The second-order valence-electron chi connectivity index (χ2n) is 4.99. The van der Waals surface area contributed by atoms with Crippen LogP contribution in [0.5, 0.6) is 0 Å². The molecule has 0 aliphatic carbocycles. The van der Waals surface area contributed by atoms with Crippen LogP contribution in [0.15, 0.2) is 47.5 Å². The predicted molar refractivity (Wildman–Crippen MR) is 80.3 cm³/mol. The molecule has 1 aromatic heterocycles. The molecule has 3 rings (SSSR count). The molecule has 2 heterocycles. The molecule has 4 heteroatoms. The Morgan fingerprint density at radius 3 is 3.00 bits per heavy atom. The lowest BCUT2D eigenvalue weighted by Gasteiger charge is -2.29. The summed E-state index contributed by atoms with van der Waals surface area (Å²) in [6.07, 6.45) is 2.82.